The molecule has 0 radical (unpaired) electrons. The molecule has 3 aromatic rings. The molecule has 1 aromatic carbocycles. The SMILES string of the molecule is Cn1cnc2c(=O)n(-c3ccc(CN)c(F)c3)c(SCCC(F)(F)F)nc21. The lowest BCUT2D eigenvalue weighted by atomic mass is 10.2. The van der Waals surface area contributed by atoms with Crippen molar-refractivity contribution in [1.82, 2.24) is 19.1 Å². The fourth-order valence-corrected chi connectivity index (χ4v) is 3.45. The number of halogens is 4. The minimum absolute atomic E-state index is 0.0221. The summed E-state index contributed by atoms with van der Waals surface area (Å²) in [5.74, 6) is -0.947. The van der Waals surface area contributed by atoms with Crippen molar-refractivity contribution in [1.29, 1.82) is 0 Å². The highest BCUT2D eigenvalue weighted by Crippen LogP contribution is 2.27. The fourth-order valence-electron chi connectivity index (χ4n) is 2.46. The second-order valence-corrected chi connectivity index (χ2v) is 6.82. The van der Waals surface area contributed by atoms with Crippen LogP contribution in [0.15, 0.2) is 34.5 Å². The molecular weight excluding hydrogens is 386 g/mol. The third-order valence-electron chi connectivity index (χ3n) is 3.84. The number of imidazole rings is 1. The lowest BCUT2D eigenvalue weighted by molar-refractivity contribution is -0.129. The van der Waals surface area contributed by atoms with Gasteiger partial charge < -0.3 is 10.3 Å². The number of aryl methyl sites for hydroxylation is 1. The largest absolute Gasteiger partial charge is 0.389 e. The zero-order valence-corrected chi connectivity index (χ0v) is 14.9. The first-order chi connectivity index (χ1) is 12.7. The Labute approximate surface area is 155 Å². The monoisotopic (exact) mass is 401 g/mol. The lowest BCUT2D eigenvalue weighted by Gasteiger charge is -2.13. The Bertz CT molecular complexity index is 1040. The van der Waals surface area contributed by atoms with Crippen molar-refractivity contribution in [2.45, 2.75) is 24.3 Å². The summed E-state index contributed by atoms with van der Waals surface area (Å²) in [6.07, 6.45) is -3.99. The third kappa shape index (κ3) is 3.98. The van der Waals surface area contributed by atoms with Crippen LogP contribution >= 0.6 is 11.8 Å². The van der Waals surface area contributed by atoms with Crippen molar-refractivity contribution in [3.05, 3.63) is 46.3 Å². The normalized spacial score (nSPS) is 12.1. The topological polar surface area (TPSA) is 78.7 Å². The number of aromatic nitrogens is 4. The standard InChI is InChI=1S/C16H15F4N5OS/c1-24-8-22-12-13(24)23-15(27-5-4-16(18,19)20)25(14(12)26)10-3-2-9(7-21)11(17)6-10/h2-3,6,8H,4-5,7,21H2,1H3. The lowest BCUT2D eigenvalue weighted by Crippen LogP contribution is -2.23. The van der Waals surface area contributed by atoms with E-state index in [0.29, 0.717) is 0 Å². The van der Waals surface area contributed by atoms with Gasteiger partial charge in [-0.15, -0.1) is 0 Å². The fraction of sp³-hybridized carbons (Fsp3) is 0.312. The molecule has 0 atom stereocenters. The Morgan fingerprint density at radius 2 is 2.04 bits per heavy atom. The van der Waals surface area contributed by atoms with E-state index < -0.39 is 24.0 Å². The molecular formula is C16H15F4N5OS. The Morgan fingerprint density at radius 3 is 2.67 bits per heavy atom. The van der Waals surface area contributed by atoms with Gasteiger partial charge in [0.15, 0.2) is 16.3 Å². The van der Waals surface area contributed by atoms with Crippen LogP contribution < -0.4 is 11.3 Å². The average molecular weight is 401 g/mol. The summed E-state index contributed by atoms with van der Waals surface area (Å²) in [6.45, 7) is -0.0221. The molecule has 0 spiro atoms. The van der Waals surface area contributed by atoms with Crippen LogP contribution in [0.2, 0.25) is 0 Å². The molecule has 0 unspecified atom stereocenters. The molecule has 0 fully saturated rings. The molecule has 0 saturated heterocycles. The summed E-state index contributed by atoms with van der Waals surface area (Å²) in [6, 6.07) is 3.99. The van der Waals surface area contributed by atoms with Gasteiger partial charge in [-0.3, -0.25) is 9.36 Å². The van der Waals surface area contributed by atoms with Crippen molar-refractivity contribution < 1.29 is 17.6 Å². The molecule has 0 amide bonds. The van der Waals surface area contributed by atoms with Crippen LogP contribution in [0.1, 0.15) is 12.0 Å². The minimum Gasteiger partial charge on any atom is -0.326 e. The van der Waals surface area contributed by atoms with Gasteiger partial charge in [0.2, 0.25) is 0 Å². The Morgan fingerprint density at radius 1 is 1.30 bits per heavy atom. The molecule has 0 saturated carbocycles. The summed E-state index contributed by atoms with van der Waals surface area (Å²) in [4.78, 5) is 21.1. The van der Waals surface area contributed by atoms with Crippen molar-refractivity contribution in [3.63, 3.8) is 0 Å². The van der Waals surface area contributed by atoms with Gasteiger partial charge >= 0.3 is 6.18 Å². The van der Waals surface area contributed by atoms with E-state index in [-0.39, 0.29) is 39.9 Å². The van der Waals surface area contributed by atoms with Crippen molar-refractivity contribution in [3.8, 4) is 5.69 Å². The van der Waals surface area contributed by atoms with Crippen molar-refractivity contribution >= 4 is 22.9 Å². The number of thioether (sulfide) groups is 1. The van der Waals surface area contributed by atoms with Crippen molar-refractivity contribution in [2.75, 3.05) is 5.75 Å². The highest BCUT2D eigenvalue weighted by molar-refractivity contribution is 7.99. The quantitative estimate of drug-likeness (QED) is 0.404. The molecule has 2 aromatic heterocycles. The number of alkyl halides is 3. The summed E-state index contributed by atoms with van der Waals surface area (Å²) < 4.78 is 54.2. The molecule has 27 heavy (non-hydrogen) atoms. The van der Waals surface area contributed by atoms with Gasteiger partial charge in [0.1, 0.15) is 5.82 Å². The van der Waals surface area contributed by atoms with E-state index in [1.807, 2.05) is 0 Å². The molecule has 2 heterocycles. The van der Waals surface area contributed by atoms with Gasteiger partial charge in [-0.05, 0) is 12.1 Å². The maximum Gasteiger partial charge on any atom is 0.389 e. The molecule has 0 aliphatic carbocycles. The maximum atomic E-state index is 14.1. The number of benzene rings is 1. The van der Waals surface area contributed by atoms with Gasteiger partial charge in [-0.1, -0.05) is 17.8 Å². The van der Waals surface area contributed by atoms with Crippen LogP contribution in [-0.4, -0.2) is 31.0 Å². The van der Waals surface area contributed by atoms with Crippen LogP contribution in [-0.2, 0) is 13.6 Å². The number of rotatable bonds is 5. The van der Waals surface area contributed by atoms with E-state index in [0.717, 1.165) is 22.4 Å². The second kappa shape index (κ2) is 7.31. The number of nitrogens with zero attached hydrogens (tertiary/aromatic N) is 4. The smallest absolute Gasteiger partial charge is 0.326 e. The first-order valence-corrected chi connectivity index (χ1v) is 8.82. The number of hydrogen-bond donors (Lipinski definition) is 1. The third-order valence-corrected chi connectivity index (χ3v) is 4.78. The first-order valence-electron chi connectivity index (χ1n) is 7.84. The van der Waals surface area contributed by atoms with Gasteiger partial charge in [0, 0.05) is 24.9 Å². The maximum absolute atomic E-state index is 14.1. The number of fused-ring (bicyclic) bond motifs is 1. The summed E-state index contributed by atoms with van der Waals surface area (Å²) in [7, 11) is 1.62. The van der Waals surface area contributed by atoms with Gasteiger partial charge in [0.05, 0.1) is 18.4 Å². The van der Waals surface area contributed by atoms with E-state index in [2.05, 4.69) is 9.97 Å². The first kappa shape index (κ1) is 19.4. The second-order valence-electron chi connectivity index (χ2n) is 5.76. The van der Waals surface area contributed by atoms with Crippen LogP contribution in [0.25, 0.3) is 16.9 Å². The zero-order chi connectivity index (χ0) is 19.8. The molecule has 0 aliphatic rings. The molecule has 11 heteroatoms. The van der Waals surface area contributed by atoms with Crippen LogP contribution in [0.5, 0.6) is 0 Å². The predicted molar refractivity (Wildman–Crippen MR) is 93.4 cm³/mol. The summed E-state index contributed by atoms with van der Waals surface area (Å²) >= 11 is 0.769. The van der Waals surface area contributed by atoms with E-state index in [1.165, 1.54) is 23.0 Å². The molecule has 3 rings (SSSR count). The number of nitrogens with two attached hydrogens (primary N) is 1. The van der Waals surface area contributed by atoms with Crippen LogP contribution in [0.3, 0.4) is 0 Å². The van der Waals surface area contributed by atoms with E-state index in [4.69, 9.17) is 5.73 Å². The van der Waals surface area contributed by atoms with E-state index >= 15 is 0 Å². The summed E-state index contributed by atoms with van der Waals surface area (Å²) in [5, 5.41) is 0.0280. The molecule has 0 aliphatic heterocycles. The molecule has 2 N–H and O–H groups in total. The van der Waals surface area contributed by atoms with Gasteiger partial charge in [0.25, 0.3) is 5.56 Å². The Hall–Kier alpha value is -2.40. The Kier molecular flexibility index (Phi) is 5.24. The minimum atomic E-state index is -4.33. The van der Waals surface area contributed by atoms with Crippen LogP contribution in [0.4, 0.5) is 17.6 Å². The molecule has 144 valence electrons. The van der Waals surface area contributed by atoms with Crippen LogP contribution in [0, 0.1) is 5.82 Å². The molecule has 0 bridgehead atoms. The van der Waals surface area contributed by atoms with Gasteiger partial charge in [-0.25, -0.2) is 14.4 Å². The zero-order valence-electron chi connectivity index (χ0n) is 14.1. The number of hydrogen-bond acceptors (Lipinski definition) is 5. The predicted octanol–water partition coefficient (Wildman–Crippen LogP) is 2.76. The summed E-state index contributed by atoms with van der Waals surface area (Å²) in [5.41, 5.74) is 5.53. The van der Waals surface area contributed by atoms with Gasteiger partial charge in [-0.2, -0.15) is 13.2 Å². The van der Waals surface area contributed by atoms with E-state index in [9.17, 15) is 22.4 Å². The highest BCUT2D eigenvalue weighted by atomic mass is 32.2. The van der Waals surface area contributed by atoms with E-state index in [1.54, 1.807) is 7.05 Å². The van der Waals surface area contributed by atoms with Crippen molar-refractivity contribution in [2.24, 2.45) is 12.8 Å². The Balaban J connectivity index is 2.14. The average Bonchev–Trinajstić information content (AvgIpc) is 2.95. The molecule has 6 nitrogen and oxygen atoms in total. The highest BCUT2D eigenvalue weighted by Gasteiger charge is 2.27.